The Bertz CT molecular complexity index is 992. The van der Waals surface area contributed by atoms with E-state index in [0.29, 0.717) is 22.9 Å². The van der Waals surface area contributed by atoms with E-state index in [1.807, 2.05) is 12.2 Å². The van der Waals surface area contributed by atoms with Gasteiger partial charge in [0.1, 0.15) is 11.6 Å². The summed E-state index contributed by atoms with van der Waals surface area (Å²) in [6.45, 7) is 12.3. The highest BCUT2D eigenvalue weighted by atomic mass is 19.1. The zero-order chi connectivity index (χ0) is 21.5. The predicted octanol–water partition coefficient (Wildman–Crippen LogP) is 5.82. The van der Waals surface area contributed by atoms with E-state index in [1.165, 1.54) is 17.7 Å². The summed E-state index contributed by atoms with van der Waals surface area (Å²) in [6.07, 6.45) is 3.91. The van der Waals surface area contributed by atoms with E-state index in [0.717, 1.165) is 37.3 Å². The van der Waals surface area contributed by atoms with Gasteiger partial charge in [0.15, 0.2) is 5.82 Å². The van der Waals surface area contributed by atoms with Crippen LogP contribution in [0.25, 0.3) is 23.1 Å². The van der Waals surface area contributed by atoms with Gasteiger partial charge >= 0.3 is 0 Å². The number of halogens is 1. The van der Waals surface area contributed by atoms with Crippen LogP contribution in [0.15, 0.2) is 42.5 Å². The third-order valence-corrected chi connectivity index (χ3v) is 5.32. The van der Waals surface area contributed by atoms with Crippen molar-refractivity contribution >= 4 is 28.9 Å². The Labute approximate surface area is 178 Å². The molecule has 3 aromatic rings. The van der Waals surface area contributed by atoms with Crippen molar-refractivity contribution in [2.45, 2.75) is 33.6 Å². The maximum absolute atomic E-state index is 13.8. The molecule has 0 aliphatic heterocycles. The molecule has 0 spiro atoms. The number of aromatic nitrogens is 2. The molecule has 0 saturated heterocycles. The molecule has 0 saturated carbocycles. The lowest BCUT2D eigenvalue weighted by molar-refractivity contribution is 0.316. The molecule has 5 heteroatoms. The van der Waals surface area contributed by atoms with Crippen LogP contribution in [0.4, 0.5) is 10.2 Å². The topological polar surface area (TPSA) is 41.0 Å². The van der Waals surface area contributed by atoms with Crippen LogP contribution in [-0.4, -0.2) is 41.0 Å². The van der Waals surface area contributed by atoms with E-state index in [2.05, 4.69) is 72.1 Å². The van der Waals surface area contributed by atoms with E-state index in [9.17, 15) is 4.39 Å². The smallest absolute Gasteiger partial charge is 0.154 e. The Morgan fingerprint density at radius 3 is 2.40 bits per heavy atom. The third-order valence-electron chi connectivity index (χ3n) is 5.32. The van der Waals surface area contributed by atoms with Gasteiger partial charge in [0.2, 0.25) is 0 Å². The van der Waals surface area contributed by atoms with Gasteiger partial charge < -0.3 is 10.2 Å². The maximum Gasteiger partial charge on any atom is 0.154 e. The normalized spacial score (nSPS) is 11.8. The molecule has 2 aromatic carbocycles. The molecule has 0 fully saturated rings. The van der Waals surface area contributed by atoms with Crippen molar-refractivity contribution in [2.24, 2.45) is 0 Å². The van der Waals surface area contributed by atoms with Gasteiger partial charge in [0, 0.05) is 18.5 Å². The summed E-state index contributed by atoms with van der Waals surface area (Å²) >= 11 is 0. The highest BCUT2D eigenvalue weighted by Gasteiger charge is 2.08. The highest BCUT2D eigenvalue weighted by Crippen LogP contribution is 2.22. The lowest BCUT2D eigenvalue weighted by Crippen LogP contribution is -2.28. The number of nitrogens with zero attached hydrogens (tertiary/aromatic N) is 3. The minimum atomic E-state index is -0.286. The molecule has 30 heavy (non-hydrogen) atoms. The minimum Gasteiger partial charge on any atom is -0.368 e. The zero-order valence-corrected chi connectivity index (χ0v) is 18.3. The fourth-order valence-corrected chi connectivity index (χ4v) is 3.36. The van der Waals surface area contributed by atoms with E-state index in [1.54, 1.807) is 6.07 Å². The number of benzene rings is 2. The minimum absolute atomic E-state index is 0.286. The first-order chi connectivity index (χ1) is 14.5. The van der Waals surface area contributed by atoms with E-state index in [-0.39, 0.29) is 5.82 Å². The van der Waals surface area contributed by atoms with Crippen LogP contribution < -0.4 is 5.32 Å². The van der Waals surface area contributed by atoms with Gasteiger partial charge in [0.05, 0.1) is 5.52 Å². The van der Waals surface area contributed by atoms with E-state index >= 15 is 0 Å². The summed E-state index contributed by atoms with van der Waals surface area (Å²) in [5, 5.41) is 4.08. The molecular weight excluding hydrogens is 375 g/mol. The van der Waals surface area contributed by atoms with Gasteiger partial charge in [-0.2, -0.15) is 0 Å². The van der Waals surface area contributed by atoms with Gasteiger partial charge in [-0.15, -0.1) is 0 Å². The molecule has 0 unspecified atom stereocenters. The lowest BCUT2D eigenvalue weighted by Gasteiger charge is -2.18. The SMILES string of the molecule is CCN(CC)CCNc1nc(C=Cc2ccc(C(C)C)cc2)nc2ccc(F)cc12. The Hall–Kier alpha value is -2.79. The maximum atomic E-state index is 13.8. The number of fused-ring (bicyclic) bond motifs is 1. The van der Waals surface area contributed by atoms with Crippen LogP contribution in [0.1, 0.15) is 50.6 Å². The molecule has 158 valence electrons. The predicted molar refractivity (Wildman–Crippen MR) is 125 cm³/mol. The van der Waals surface area contributed by atoms with Crippen LogP contribution in [0.5, 0.6) is 0 Å². The molecule has 1 heterocycles. The largest absolute Gasteiger partial charge is 0.368 e. The molecule has 0 radical (unpaired) electrons. The van der Waals surface area contributed by atoms with Crippen molar-refractivity contribution in [3.8, 4) is 0 Å². The van der Waals surface area contributed by atoms with Crippen molar-refractivity contribution in [1.82, 2.24) is 14.9 Å². The second-order valence-electron chi connectivity index (χ2n) is 7.70. The zero-order valence-electron chi connectivity index (χ0n) is 18.3. The van der Waals surface area contributed by atoms with Crippen LogP contribution in [0, 0.1) is 5.82 Å². The molecule has 0 aliphatic carbocycles. The van der Waals surface area contributed by atoms with Crippen molar-refractivity contribution in [3.05, 3.63) is 65.2 Å². The second kappa shape index (κ2) is 10.3. The van der Waals surface area contributed by atoms with Crippen LogP contribution in [0.2, 0.25) is 0 Å². The summed E-state index contributed by atoms with van der Waals surface area (Å²) in [5.41, 5.74) is 3.14. The fraction of sp³-hybridized carbons (Fsp3) is 0.360. The summed E-state index contributed by atoms with van der Waals surface area (Å²) in [7, 11) is 0. The Morgan fingerprint density at radius 1 is 1.00 bits per heavy atom. The molecule has 0 bridgehead atoms. The average Bonchev–Trinajstić information content (AvgIpc) is 2.75. The van der Waals surface area contributed by atoms with Crippen molar-refractivity contribution in [3.63, 3.8) is 0 Å². The first-order valence-corrected chi connectivity index (χ1v) is 10.7. The summed E-state index contributed by atoms with van der Waals surface area (Å²) < 4.78 is 13.8. The van der Waals surface area contributed by atoms with Gasteiger partial charge in [-0.3, -0.25) is 0 Å². The number of anilines is 1. The number of rotatable bonds is 9. The van der Waals surface area contributed by atoms with Crippen LogP contribution in [0.3, 0.4) is 0 Å². The van der Waals surface area contributed by atoms with Gasteiger partial charge in [-0.25, -0.2) is 14.4 Å². The van der Waals surface area contributed by atoms with Gasteiger partial charge in [0.25, 0.3) is 0 Å². The van der Waals surface area contributed by atoms with Crippen molar-refractivity contribution in [1.29, 1.82) is 0 Å². The van der Waals surface area contributed by atoms with Crippen LogP contribution in [-0.2, 0) is 0 Å². The first-order valence-electron chi connectivity index (χ1n) is 10.7. The third kappa shape index (κ3) is 5.63. The second-order valence-corrected chi connectivity index (χ2v) is 7.70. The van der Waals surface area contributed by atoms with Crippen molar-refractivity contribution in [2.75, 3.05) is 31.5 Å². The molecule has 0 atom stereocenters. The lowest BCUT2D eigenvalue weighted by atomic mass is 10.0. The average molecular weight is 407 g/mol. The first kappa shape index (κ1) is 21.9. The Morgan fingerprint density at radius 2 is 1.73 bits per heavy atom. The molecule has 1 N–H and O–H groups in total. The summed E-state index contributed by atoms with van der Waals surface area (Å²) in [4.78, 5) is 11.6. The van der Waals surface area contributed by atoms with Crippen LogP contribution >= 0.6 is 0 Å². The molecule has 0 aliphatic rings. The molecule has 1 aromatic heterocycles. The number of nitrogens with one attached hydrogen (secondary N) is 1. The van der Waals surface area contributed by atoms with Gasteiger partial charge in [-0.1, -0.05) is 58.0 Å². The molecule has 3 rings (SSSR count). The Balaban J connectivity index is 1.84. The standard InChI is InChI=1S/C25H31FN4/c1-5-30(6-2)16-15-27-25-22-17-21(26)12-13-23(22)28-24(29-25)14-9-19-7-10-20(11-8-19)18(3)4/h7-14,17-18H,5-6,15-16H2,1-4H3,(H,27,28,29). The quantitative estimate of drug-likeness (QED) is 0.486. The van der Waals surface area contributed by atoms with Crippen molar-refractivity contribution < 1.29 is 4.39 Å². The fourth-order valence-electron chi connectivity index (χ4n) is 3.36. The number of hydrogen-bond acceptors (Lipinski definition) is 4. The van der Waals surface area contributed by atoms with E-state index < -0.39 is 0 Å². The highest BCUT2D eigenvalue weighted by molar-refractivity contribution is 5.90. The Kier molecular flexibility index (Phi) is 7.52. The van der Waals surface area contributed by atoms with Gasteiger partial charge in [-0.05, 0) is 54.4 Å². The molecular formula is C25H31FN4. The monoisotopic (exact) mass is 406 g/mol. The van der Waals surface area contributed by atoms with E-state index in [4.69, 9.17) is 0 Å². The number of likely N-dealkylation sites (N-methyl/N-ethyl adjacent to an activating group) is 1. The summed E-state index contributed by atoms with van der Waals surface area (Å²) in [6, 6.07) is 13.1. The molecule has 4 nitrogen and oxygen atoms in total. The molecule has 0 amide bonds. The number of hydrogen-bond donors (Lipinski definition) is 1. The summed E-state index contributed by atoms with van der Waals surface area (Å²) in [5.74, 6) is 1.50.